The van der Waals surface area contributed by atoms with Gasteiger partial charge in [0.05, 0.1) is 22.1 Å². The third-order valence-corrected chi connectivity index (χ3v) is 5.21. The van der Waals surface area contributed by atoms with Crippen molar-refractivity contribution in [3.63, 3.8) is 0 Å². The number of pyridine rings is 1. The summed E-state index contributed by atoms with van der Waals surface area (Å²) in [6, 6.07) is 8.20. The van der Waals surface area contributed by atoms with Crippen LogP contribution in [0, 0.1) is 27.4 Å². The third-order valence-electron chi connectivity index (χ3n) is 5.21. The highest BCUT2D eigenvalue weighted by atomic mass is 16.6. The number of nitro benzene ring substituents is 1. The molecule has 1 fully saturated rings. The highest BCUT2D eigenvalue weighted by Gasteiger charge is 2.15. The number of likely N-dealkylation sites (tertiary alicyclic amines) is 1. The van der Waals surface area contributed by atoms with Gasteiger partial charge in [-0.2, -0.15) is 5.26 Å². The van der Waals surface area contributed by atoms with Gasteiger partial charge in [0.2, 0.25) is 0 Å². The lowest BCUT2D eigenvalue weighted by Crippen LogP contribution is -2.33. The second-order valence-electron chi connectivity index (χ2n) is 7.28. The number of rotatable bonds is 7. The maximum atomic E-state index is 10.9. The Balaban J connectivity index is 1.55. The molecule has 27 heavy (non-hydrogen) atoms. The molecule has 1 aliphatic rings. The highest BCUT2D eigenvalue weighted by molar-refractivity contribution is 5.88. The zero-order valence-electron chi connectivity index (χ0n) is 15.6. The predicted molar refractivity (Wildman–Crippen MR) is 106 cm³/mol. The number of hydrogen-bond donors (Lipinski definition) is 1. The molecule has 1 aromatic heterocycles. The smallest absolute Gasteiger partial charge is 0.270 e. The summed E-state index contributed by atoms with van der Waals surface area (Å²) in [7, 11) is 0. The molecule has 142 valence electrons. The highest BCUT2D eigenvalue weighted by Crippen LogP contribution is 2.25. The summed E-state index contributed by atoms with van der Waals surface area (Å²) in [5.74, 6) is 1.50. The van der Waals surface area contributed by atoms with E-state index >= 15 is 0 Å². The summed E-state index contributed by atoms with van der Waals surface area (Å²) in [5.41, 5.74) is 0.951. The van der Waals surface area contributed by atoms with Crippen LogP contribution in [-0.4, -0.2) is 41.0 Å². The van der Waals surface area contributed by atoms with Gasteiger partial charge >= 0.3 is 0 Å². The van der Waals surface area contributed by atoms with E-state index in [2.05, 4.69) is 28.2 Å². The van der Waals surface area contributed by atoms with E-state index in [9.17, 15) is 15.4 Å². The molecule has 0 radical (unpaired) electrons. The molecule has 0 bridgehead atoms. The number of anilines is 1. The first-order valence-electron chi connectivity index (χ1n) is 9.52. The van der Waals surface area contributed by atoms with E-state index in [4.69, 9.17) is 0 Å². The van der Waals surface area contributed by atoms with Crippen LogP contribution >= 0.6 is 0 Å². The molecule has 1 saturated heterocycles. The van der Waals surface area contributed by atoms with Gasteiger partial charge in [-0.3, -0.25) is 10.1 Å². The van der Waals surface area contributed by atoms with Gasteiger partial charge in [0.15, 0.2) is 0 Å². The lowest BCUT2D eigenvalue weighted by molar-refractivity contribution is -0.384. The van der Waals surface area contributed by atoms with Gasteiger partial charge in [0, 0.05) is 24.1 Å². The number of non-ortho nitro benzene ring substituents is 1. The molecule has 0 unspecified atom stereocenters. The zero-order chi connectivity index (χ0) is 19.2. The summed E-state index contributed by atoms with van der Waals surface area (Å²) < 4.78 is 0. The van der Waals surface area contributed by atoms with E-state index in [1.807, 2.05) is 0 Å². The van der Waals surface area contributed by atoms with Crippen LogP contribution in [0.2, 0.25) is 0 Å². The van der Waals surface area contributed by atoms with Gasteiger partial charge in [0.25, 0.3) is 5.69 Å². The maximum Gasteiger partial charge on any atom is 0.270 e. The van der Waals surface area contributed by atoms with Crippen molar-refractivity contribution in [2.75, 3.05) is 31.5 Å². The van der Waals surface area contributed by atoms with Crippen LogP contribution in [-0.2, 0) is 0 Å². The van der Waals surface area contributed by atoms with Crippen LogP contribution in [0.1, 0.15) is 38.2 Å². The second kappa shape index (κ2) is 8.78. The number of nitriles is 1. The maximum absolute atomic E-state index is 10.9. The van der Waals surface area contributed by atoms with Gasteiger partial charge in [-0.1, -0.05) is 6.92 Å². The number of nitrogens with one attached hydrogen (secondary N) is 1. The molecule has 0 atom stereocenters. The van der Waals surface area contributed by atoms with Crippen molar-refractivity contribution in [3.8, 4) is 6.07 Å². The fraction of sp³-hybridized carbons (Fsp3) is 0.500. The summed E-state index contributed by atoms with van der Waals surface area (Å²) in [6.45, 7) is 6.66. The average molecular weight is 367 g/mol. The van der Waals surface area contributed by atoms with Gasteiger partial charge in [-0.25, -0.2) is 4.98 Å². The van der Waals surface area contributed by atoms with E-state index in [1.165, 1.54) is 38.1 Å². The van der Waals surface area contributed by atoms with Crippen molar-refractivity contribution >= 4 is 22.4 Å². The van der Waals surface area contributed by atoms with Crippen LogP contribution in [0.25, 0.3) is 10.9 Å². The van der Waals surface area contributed by atoms with Crippen LogP contribution < -0.4 is 5.32 Å². The SMILES string of the molecule is CC1CCN(CCCCNc2cc(C#N)c3cc([N+](=O)[O-])ccc3n2)CC1. The molecule has 1 N–H and O–H groups in total. The first-order valence-corrected chi connectivity index (χ1v) is 9.52. The molecule has 0 aliphatic carbocycles. The molecular formula is C20H25N5O2. The molecule has 2 aromatic rings. The van der Waals surface area contributed by atoms with Crippen molar-refractivity contribution < 1.29 is 4.92 Å². The van der Waals surface area contributed by atoms with E-state index < -0.39 is 4.92 Å². The Morgan fingerprint density at radius 3 is 2.81 bits per heavy atom. The van der Waals surface area contributed by atoms with E-state index in [-0.39, 0.29) is 5.69 Å². The topological polar surface area (TPSA) is 95.1 Å². The fourth-order valence-electron chi connectivity index (χ4n) is 3.47. The molecule has 0 amide bonds. The Labute approximate surface area is 159 Å². The minimum absolute atomic E-state index is 0.0337. The number of nitrogens with zero attached hydrogens (tertiary/aromatic N) is 4. The summed E-state index contributed by atoms with van der Waals surface area (Å²) in [5, 5.41) is 24.1. The van der Waals surface area contributed by atoms with Crippen molar-refractivity contribution in [3.05, 3.63) is 39.9 Å². The molecule has 1 aliphatic heterocycles. The normalized spacial score (nSPS) is 15.6. The summed E-state index contributed by atoms with van der Waals surface area (Å²) in [6.07, 6.45) is 4.77. The number of benzene rings is 1. The minimum Gasteiger partial charge on any atom is -0.370 e. The molecule has 7 nitrogen and oxygen atoms in total. The molecule has 0 spiro atoms. The Morgan fingerprint density at radius 1 is 1.33 bits per heavy atom. The lowest BCUT2D eigenvalue weighted by atomic mass is 9.99. The number of fused-ring (bicyclic) bond motifs is 1. The molecule has 7 heteroatoms. The van der Waals surface area contributed by atoms with Crippen molar-refractivity contribution in [2.45, 2.75) is 32.6 Å². The largest absolute Gasteiger partial charge is 0.370 e. The lowest BCUT2D eigenvalue weighted by Gasteiger charge is -2.30. The Kier molecular flexibility index (Phi) is 6.20. The summed E-state index contributed by atoms with van der Waals surface area (Å²) in [4.78, 5) is 17.5. The third kappa shape index (κ3) is 4.92. The first kappa shape index (κ1) is 19.1. The number of hydrogen-bond acceptors (Lipinski definition) is 6. The van der Waals surface area contributed by atoms with Gasteiger partial charge < -0.3 is 10.2 Å². The van der Waals surface area contributed by atoms with E-state index in [1.54, 1.807) is 12.1 Å². The number of piperidine rings is 1. The Morgan fingerprint density at radius 2 is 2.11 bits per heavy atom. The van der Waals surface area contributed by atoms with E-state index in [0.29, 0.717) is 22.3 Å². The number of unbranched alkanes of at least 4 members (excludes halogenated alkanes) is 1. The van der Waals surface area contributed by atoms with Gasteiger partial charge in [-0.15, -0.1) is 0 Å². The van der Waals surface area contributed by atoms with Crippen LogP contribution in [0.3, 0.4) is 0 Å². The molecular weight excluding hydrogens is 342 g/mol. The Hall–Kier alpha value is -2.72. The standard InChI is InChI=1S/C20H25N5O2/c1-15-6-10-24(11-7-15)9-3-2-8-22-20-12-16(14-21)18-13-17(25(26)27)4-5-19(18)23-20/h4-5,12-13,15H,2-3,6-11H2,1H3,(H,22,23). The number of nitro groups is 1. The second-order valence-corrected chi connectivity index (χ2v) is 7.28. The van der Waals surface area contributed by atoms with Crippen molar-refractivity contribution in [1.82, 2.24) is 9.88 Å². The van der Waals surface area contributed by atoms with Crippen LogP contribution in [0.4, 0.5) is 11.5 Å². The van der Waals surface area contributed by atoms with Crippen molar-refractivity contribution in [2.24, 2.45) is 5.92 Å². The van der Waals surface area contributed by atoms with Crippen LogP contribution in [0.15, 0.2) is 24.3 Å². The molecule has 1 aromatic carbocycles. The quantitative estimate of drug-likeness (QED) is 0.452. The minimum atomic E-state index is -0.463. The number of aromatic nitrogens is 1. The van der Waals surface area contributed by atoms with Crippen LogP contribution in [0.5, 0.6) is 0 Å². The Bertz CT molecular complexity index is 853. The molecule has 0 saturated carbocycles. The first-order chi connectivity index (χ1) is 13.1. The fourth-order valence-corrected chi connectivity index (χ4v) is 3.47. The molecule has 3 rings (SSSR count). The average Bonchev–Trinajstić information content (AvgIpc) is 2.68. The monoisotopic (exact) mass is 367 g/mol. The summed E-state index contributed by atoms with van der Waals surface area (Å²) >= 11 is 0. The van der Waals surface area contributed by atoms with Gasteiger partial charge in [-0.05, 0) is 63.4 Å². The predicted octanol–water partition coefficient (Wildman–Crippen LogP) is 3.94. The van der Waals surface area contributed by atoms with Crippen molar-refractivity contribution in [1.29, 1.82) is 5.26 Å². The molecule has 2 heterocycles. The van der Waals surface area contributed by atoms with E-state index in [0.717, 1.165) is 31.8 Å². The van der Waals surface area contributed by atoms with Gasteiger partial charge in [0.1, 0.15) is 5.82 Å². The zero-order valence-corrected chi connectivity index (χ0v) is 15.6.